The quantitative estimate of drug-likeness (QED) is 0.651. The number of hydrogen-bond acceptors (Lipinski definition) is 4. The monoisotopic (exact) mass is 282 g/mol. The maximum atomic E-state index is 12.0. The number of anilines is 1. The molecule has 2 rings (SSSR count). The maximum Gasteiger partial charge on any atom is 0.335 e. The molecule has 0 atom stereocenters. The van der Waals surface area contributed by atoms with Gasteiger partial charge in [0.15, 0.2) is 5.78 Å². The van der Waals surface area contributed by atoms with E-state index in [9.17, 15) is 9.59 Å². The number of aromatic carboxylic acids is 1. The van der Waals surface area contributed by atoms with Gasteiger partial charge in [0.25, 0.3) is 0 Å². The number of carbonyl (C=O) groups excluding carboxylic acids is 1. The van der Waals surface area contributed by atoms with Crippen molar-refractivity contribution in [3.63, 3.8) is 0 Å². The van der Waals surface area contributed by atoms with Gasteiger partial charge in [-0.25, -0.2) is 4.79 Å². The van der Waals surface area contributed by atoms with Gasteiger partial charge in [0, 0.05) is 35.4 Å². The van der Waals surface area contributed by atoms with Gasteiger partial charge >= 0.3 is 5.97 Å². The minimum Gasteiger partial charge on any atom is -0.478 e. The molecule has 0 saturated carbocycles. The number of nitrogens with zero attached hydrogens (tertiary/aromatic N) is 1. The number of allylic oxidation sites excluding steroid dienone is 2. The number of ketones is 1. The summed E-state index contributed by atoms with van der Waals surface area (Å²) in [7, 11) is 0. The Balaban J connectivity index is 2.07. The van der Waals surface area contributed by atoms with Gasteiger partial charge in [0.05, 0.1) is 5.56 Å². The molecule has 0 saturated heterocycles. The van der Waals surface area contributed by atoms with E-state index in [-0.39, 0.29) is 11.3 Å². The number of carboxylic acids is 1. The van der Waals surface area contributed by atoms with Crippen LogP contribution < -0.4 is 5.32 Å². The van der Waals surface area contributed by atoms with E-state index in [0.29, 0.717) is 16.9 Å². The maximum absolute atomic E-state index is 12.0. The SMILES string of the molecule is C/C(=C\C(=O)c1cccnc1)Nc1ccc(C(=O)O)cc1. The lowest BCUT2D eigenvalue weighted by Crippen LogP contribution is -2.02. The van der Waals surface area contributed by atoms with Crippen molar-refractivity contribution in [1.82, 2.24) is 4.98 Å². The van der Waals surface area contributed by atoms with E-state index in [1.165, 1.54) is 24.4 Å². The lowest BCUT2D eigenvalue weighted by atomic mass is 10.1. The summed E-state index contributed by atoms with van der Waals surface area (Å²) >= 11 is 0. The average Bonchev–Trinajstić information content (AvgIpc) is 2.48. The molecule has 2 aromatic rings. The highest BCUT2D eigenvalue weighted by atomic mass is 16.4. The zero-order chi connectivity index (χ0) is 15.2. The van der Waals surface area contributed by atoms with Crippen molar-refractivity contribution < 1.29 is 14.7 Å². The predicted octanol–water partition coefficient (Wildman–Crippen LogP) is 2.98. The Morgan fingerprint density at radius 1 is 1.14 bits per heavy atom. The Morgan fingerprint density at radius 2 is 1.86 bits per heavy atom. The van der Waals surface area contributed by atoms with Crippen molar-refractivity contribution in [2.75, 3.05) is 5.32 Å². The van der Waals surface area contributed by atoms with Crippen LogP contribution in [-0.2, 0) is 0 Å². The van der Waals surface area contributed by atoms with E-state index in [1.807, 2.05) is 0 Å². The number of pyridine rings is 1. The summed E-state index contributed by atoms with van der Waals surface area (Å²) in [6.07, 6.45) is 4.59. The molecule has 0 amide bonds. The zero-order valence-electron chi connectivity index (χ0n) is 11.4. The molecule has 106 valence electrons. The highest BCUT2D eigenvalue weighted by molar-refractivity contribution is 6.04. The van der Waals surface area contributed by atoms with Gasteiger partial charge < -0.3 is 10.4 Å². The third-order valence-corrected chi connectivity index (χ3v) is 2.77. The lowest BCUT2D eigenvalue weighted by Gasteiger charge is -2.06. The van der Waals surface area contributed by atoms with Crippen LogP contribution in [0, 0.1) is 0 Å². The van der Waals surface area contributed by atoms with Crippen molar-refractivity contribution >= 4 is 17.4 Å². The molecule has 0 fully saturated rings. The molecule has 0 aliphatic carbocycles. The molecule has 21 heavy (non-hydrogen) atoms. The van der Waals surface area contributed by atoms with Gasteiger partial charge in [-0.3, -0.25) is 9.78 Å². The summed E-state index contributed by atoms with van der Waals surface area (Å²) in [4.78, 5) is 26.6. The first-order chi connectivity index (χ1) is 10.1. The van der Waals surface area contributed by atoms with Gasteiger partial charge in [-0.2, -0.15) is 0 Å². The first kappa shape index (κ1) is 14.5. The van der Waals surface area contributed by atoms with E-state index >= 15 is 0 Å². The van der Waals surface area contributed by atoms with E-state index < -0.39 is 5.97 Å². The fraction of sp³-hybridized carbons (Fsp3) is 0.0625. The Morgan fingerprint density at radius 3 is 2.43 bits per heavy atom. The Kier molecular flexibility index (Phi) is 4.46. The number of benzene rings is 1. The molecule has 0 aliphatic rings. The highest BCUT2D eigenvalue weighted by Crippen LogP contribution is 2.12. The molecule has 0 bridgehead atoms. The first-order valence-electron chi connectivity index (χ1n) is 6.29. The van der Waals surface area contributed by atoms with Crippen molar-refractivity contribution in [2.45, 2.75) is 6.92 Å². The van der Waals surface area contributed by atoms with Crippen molar-refractivity contribution in [3.05, 3.63) is 71.7 Å². The summed E-state index contributed by atoms with van der Waals surface area (Å²) in [6, 6.07) is 9.70. The van der Waals surface area contributed by atoms with Gasteiger partial charge in [-0.15, -0.1) is 0 Å². The van der Waals surface area contributed by atoms with Gasteiger partial charge in [0.1, 0.15) is 0 Å². The van der Waals surface area contributed by atoms with Gasteiger partial charge in [-0.05, 0) is 43.3 Å². The Hall–Kier alpha value is -2.95. The zero-order valence-corrected chi connectivity index (χ0v) is 11.4. The second-order valence-corrected chi connectivity index (χ2v) is 4.44. The normalized spacial score (nSPS) is 11.0. The Bertz CT molecular complexity index is 676. The summed E-state index contributed by atoms with van der Waals surface area (Å²) in [5.74, 6) is -1.11. The molecule has 0 aliphatic heterocycles. The average molecular weight is 282 g/mol. The summed E-state index contributed by atoms with van der Waals surface area (Å²) in [6.45, 7) is 1.76. The summed E-state index contributed by atoms with van der Waals surface area (Å²) < 4.78 is 0. The summed E-state index contributed by atoms with van der Waals surface area (Å²) in [5, 5.41) is 11.9. The van der Waals surface area contributed by atoms with E-state index in [1.54, 1.807) is 37.4 Å². The van der Waals surface area contributed by atoms with Crippen molar-refractivity contribution in [1.29, 1.82) is 0 Å². The minimum absolute atomic E-state index is 0.143. The number of rotatable bonds is 5. The van der Waals surface area contributed by atoms with Crippen molar-refractivity contribution in [3.8, 4) is 0 Å². The number of hydrogen-bond donors (Lipinski definition) is 2. The largest absolute Gasteiger partial charge is 0.478 e. The number of carboxylic acid groups (broad SMARTS) is 1. The number of nitrogens with one attached hydrogen (secondary N) is 1. The molecule has 0 radical (unpaired) electrons. The molecule has 0 unspecified atom stereocenters. The van der Waals surface area contributed by atoms with Crippen LogP contribution in [-0.4, -0.2) is 21.8 Å². The third-order valence-electron chi connectivity index (χ3n) is 2.77. The van der Waals surface area contributed by atoms with Crippen LogP contribution in [0.1, 0.15) is 27.6 Å². The minimum atomic E-state index is -0.972. The molecule has 5 nitrogen and oxygen atoms in total. The lowest BCUT2D eigenvalue weighted by molar-refractivity contribution is 0.0696. The number of aromatic nitrogens is 1. The molecule has 2 N–H and O–H groups in total. The van der Waals surface area contributed by atoms with Gasteiger partial charge in [-0.1, -0.05) is 0 Å². The second kappa shape index (κ2) is 6.47. The van der Waals surface area contributed by atoms with E-state index in [4.69, 9.17) is 5.11 Å². The molecule has 1 heterocycles. The fourth-order valence-corrected chi connectivity index (χ4v) is 1.75. The second-order valence-electron chi connectivity index (χ2n) is 4.44. The summed E-state index contributed by atoms with van der Waals surface area (Å²) in [5.41, 5.74) is 2.10. The third kappa shape index (κ3) is 4.01. The molecular formula is C16H14N2O3. The predicted molar refractivity (Wildman–Crippen MR) is 79.3 cm³/mol. The number of carbonyl (C=O) groups is 2. The first-order valence-corrected chi connectivity index (χ1v) is 6.29. The smallest absolute Gasteiger partial charge is 0.335 e. The van der Waals surface area contributed by atoms with Crippen LogP contribution in [0.3, 0.4) is 0 Å². The molecule has 0 spiro atoms. The van der Waals surface area contributed by atoms with E-state index in [0.717, 1.165) is 0 Å². The van der Waals surface area contributed by atoms with Crippen LogP contribution in [0.15, 0.2) is 60.6 Å². The Labute approximate surface area is 122 Å². The topological polar surface area (TPSA) is 79.3 Å². The van der Waals surface area contributed by atoms with Crippen molar-refractivity contribution in [2.24, 2.45) is 0 Å². The molecule has 1 aromatic heterocycles. The molecular weight excluding hydrogens is 268 g/mol. The molecule has 1 aromatic carbocycles. The van der Waals surface area contributed by atoms with Crippen LogP contribution >= 0.6 is 0 Å². The van der Waals surface area contributed by atoms with Crippen LogP contribution in [0.2, 0.25) is 0 Å². The highest BCUT2D eigenvalue weighted by Gasteiger charge is 2.04. The van der Waals surface area contributed by atoms with Crippen LogP contribution in [0.5, 0.6) is 0 Å². The van der Waals surface area contributed by atoms with E-state index in [2.05, 4.69) is 10.3 Å². The standard InChI is InChI=1S/C16H14N2O3/c1-11(9-15(19)13-3-2-8-17-10-13)18-14-6-4-12(5-7-14)16(20)21/h2-10,18H,1H3,(H,20,21)/b11-9+. The molecule has 5 heteroatoms. The van der Waals surface area contributed by atoms with Crippen LogP contribution in [0.25, 0.3) is 0 Å². The van der Waals surface area contributed by atoms with Crippen LogP contribution in [0.4, 0.5) is 5.69 Å². The van der Waals surface area contributed by atoms with Gasteiger partial charge in [0.2, 0.25) is 0 Å². The fourth-order valence-electron chi connectivity index (χ4n) is 1.75.